The summed E-state index contributed by atoms with van der Waals surface area (Å²) in [5.41, 5.74) is 0. The molecule has 16 heavy (non-hydrogen) atoms. The molecule has 0 aromatic carbocycles. The molecule has 0 spiro atoms. The Morgan fingerprint density at radius 2 is 2.12 bits per heavy atom. The van der Waals surface area contributed by atoms with Crippen LogP contribution in [0.25, 0.3) is 0 Å². The molecule has 4 heteroatoms. The van der Waals surface area contributed by atoms with Crippen molar-refractivity contribution in [2.75, 3.05) is 19.9 Å². The Hall–Kier alpha value is -0.220. The molecule has 1 saturated carbocycles. The van der Waals surface area contributed by atoms with Crippen LogP contribution in [0.4, 0.5) is 0 Å². The maximum atomic E-state index is 11.4. The van der Waals surface area contributed by atoms with E-state index in [0.717, 1.165) is 13.0 Å². The second kappa shape index (κ2) is 6.50. The normalized spacial score (nSPS) is 20.7. The van der Waals surface area contributed by atoms with E-state index in [1.165, 1.54) is 32.8 Å². The summed E-state index contributed by atoms with van der Waals surface area (Å²) in [6.45, 7) is 2.93. The summed E-state index contributed by atoms with van der Waals surface area (Å²) >= 11 is 1.94. The van der Waals surface area contributed by atoms with Gasteiger partial charge in [-0.05, 0) is 25.5 Å². The number of hydrogen-bond donors (Lipinski definition) is 1. The van der Waals surface area contributed by atoms with Crippen LogP contribution in [0.15, 0.2) is 0 Å². The van der Waals surface area contributed by atoms with Crippen molar-refractivity contribution < 1.29 is 9.53 Å². The highest BCUT2D eigenvalue weighted by Crippen LogP contribution is 2.39. The average molecular weight is 245 g/mol. The largest absolute Gasteiger partial charge is 0.468 e. The lowest BCUT2D eigenvalue weighted by Crippen LogP contribution is -2.44. The molecule has 0 bridgehead atoms. The van der Waals surface area contributed by atoms with E-state index >= 15 is 0 Å². The van der Waals surface area contributed by atoms with E-state index < -0.39 is 0 Å². The number of nitrogens with one attached hydrogen (secondary N) is 1. The molecule has 94 valence electrons. The first-order chi connectivity index (χ1) is 7.67. The Kier molecular flexibility index (Phi) is 5.62. The van der Waals surface area contributed by atoms with Gasteiger partial charge in [0.1, 0.15) is 6.04 Å². The Morgan fingerprint density at radius 3 is 2.56 bits per heavy atom. The second-order valence-electron chi connectivity index (χ2n) is 4.46. The quantitative estimate of drug-likeness (QED) is 0.728. The molecule has 0 aromatic rings. The molecule has 0 aromatic heterocycles. The molecule has 1 unspecified atom stereocenters. The van der Waals surface area contributed by atoms with Gasteiger partial charge in [-0.25, -0.2) is 0 Å². The molecule has 1 atom stereocenters. The highest BCUT2D eigenvalue weighted by atomic mass is 32.2. The number of hydrogen-bond acceptors (Lipinski definition) is 4. The number of methoxy groups -OCH3 is 1. The standard InChI is InChI=1S/C12H23NO2S/c1-4-10(11(14)15-2)13-9-12(16-3)7-5-6-8-12/h10,13H,4-9H2,1-3H3. The number of ether oxygens (including phenoxy) is 1. The first-order valence-corrected chi connectivity index (χ1v) is 7.26. The molecule has 0 amide bonds. The van der Waals surface area contributed by atoms with Crippen molar-refractivity contribution in [1.82, 2.24) is 5.32 Å². The molecule has 1 fully saturated rings. The molecule has 1 rings (SSSR count). The fraction of sp³-hybridized carbons (Fsp3) is 0.917. The third kappa shape index (κ3) is 3.39. The summed E-state index contributed by atoms with van der Waals surface area (Å²) in [4.78, 5) is 11.4. The van der Waals surface area contributed by atoms with Crippen LogP contribution < -0.4 is 5.32 Å². The van der Waals surface area contributed by atoms with Crippen LogP contribution in [0, 0.1) is 0 Å². The topological polar surface area (TPSA) is 38.3 Å². The maximum absolute atomic E-state index is 11.4. The molecule has 1 N–H and O–H groups in total. The van der Waals surface area contributed by atoms with E-state index in [1.807, 2.05) is 18.7 Å². The van der Waals surface area contributed by atoms with Gasteiger partial charge >= 0.3 is 5.97 Å². The lowest BCUT2D eigenvalue weighted by Gasteiger charge is -2.29. The smallest absolute Gasteiger partial charge is 0.322 e. The van der Waals surface area contributed by atoms with E-state index in [1.54, 1.807) is 0 Å². The van der Waals surface area contributed by atoms with Crippen molar-refractivity contribution in [3.63, 3.8) is 0 Å². The van der Waals surface area contributed by atoms with Gasteiger partial charge in [-0.3, -0.25) is 4.79 Å². The van der Waals surface area contributed by atoms with Crippen molar-refractivity contribution in [3.8, 4) is 0 Å². The van der Waals surface area contributed by atoms with Crippen LogP contribution in [-0.2, 0) is 9.53 Å². The fourth-order valence-corrected chi connectivity index (χ4v) is 3.24. The molecule has 1 aliphatic rings. The van der Waals surface area contributed by atoms with Gasteiger partial charge in [0.15, 0.2) is 0 Å². The minimum atomic E-state index is -0.144. The zero-order valence-corrected chi connectivity index (χ0v) is 11.4. The first-order valence-electron chi connectivity index (χ1n) is 6.04. The van der Waals surface area contributed by atoms with E-state index in [9.17, 15) is 4.79 Å². The van der Waals surface area contributed by atoms with Crippen LogP contribution in [0.5, 0.6) is 0 Å². The zero-order chi connectivity index (χ0) is 12.0. The monoisotopic (exact) mass is 245 g/mol. The Morgan fingerprint density at radius 1 is 1.50 bits per heavy atom. The van der Waals surface area contributed by atoms with Gasteiger partial charge in [0, 0.05) is 11.3 Å². The van der Waals surface area contributed by atoms with Crippen LogP contribution in [0.3, 0.4) is 0 Å². The second-order valence-corrected chi connectivity index (χ2v) is 5.73. The number of carbonyl (C=O) groups excluding carboxylic acids is 1. The molecular formula is C12H23NO2S. The molecule has 0 saturated heterocycles. The van der Waals surface area contributed by atoms with Crippen LogP contribution in [0.2, 0.25) is 0 Å². The van der Waals surface area contributed by atoms with Crippen molar-refractivity contribution in [2.45, 2.75) is 49.8 Å². The third-order valence-corrected chi connectivity index (χ3v) is 4.93. The van der Waals surface area contributed by atoms with Gasteiger partial charge < -0.3 is 10.1 Å². The predicted octanol–water partition coefficient (Wildman–Crippen LogP) is 2.20. The summed E-state index contributed by atoms with van der Waals surface area (Å²) in [6.07, 6.45) is 8.12. The van der Waals surface area contributed by atoms with Gasteiger partial charge in [0.25, 0.3) is 0 Å². The zero-order valence-electron chi connectivity index (χ0n) is 10.5. The highest BCUT2D eigenvalue weighted by molar-refractivity contribution is 8.00. The van der Waals surface area contributed by atoms with Crippen LogP contribution in [0.1, 0.15) is 39.0 Å². The summed E-state index contributed by atoms with van der Waals surface area (Å²) in [7, 11) is 1.45. The minimum Gasteiger partial charge on any atom is -0.468 e. The summed E-state index contributed by atoms with van der Waals surface area (Å²) in [6, 6.07) is -0.144. The highest BCUT2D eigenvalue weighted by Gasteiger charge is 2.33. The van der Waals surface area contributed by atoms with Crippen molar-refractivity contribution in [2.24, 2.45) is 0 Å². The SMILES string of the molecule is CCC(NCC1(SC)CCCC1)C(=O)OC. The fourth-order valence-electron chi connectivity index (χ4n) is 2.32. The summed E-state index contributed by atoms with van der Waals surface area (Å²) in [5.74, 6) is -0.142. The molecule has 0 heterocycles. The van der Waals surface area contributed by atoms with Gasteiger partial charge in [0.05, 0.1) is 7.11 Å². The van der Waals surface area contributed by atoms with Crippen molar-refractivity contribution in [3.05, 3.63) is 0 Å². The minimum absolute atomic E-state index is 0.142. The van der Waals surface area contributed by atoms with E-state index in [0.29, 0.717) is 4.75 Å². The summed E-state index contributed by atoms with van der Waals surface area (Å²) in [5, 5.41) is 3.36. The first kappa shape index (κ1) is 13.8. The summed E-state index contributed by atoms with van der Waals surface area (Å²) < 4.78 is 5.13. The van der Waals surface area contributed by atoms with Gasteiger partial charge in [-0.1, -0.05) is 19.8 Å². The lowest BCUT2D eigenvalue weighted by atomic mass is 10.1. The number of thioether (sulfide) groups is 1. The number of carbonyl (C=O) groups is 1. The Labute approximate surface area is 103 Å². The molecular weight excluding hydrogens is 222 g/mol. The number of esters is 1. The van der Waals surface area contributed by atoms with Gasteiger partial charge in [-0.15, -0.1) is 0 Å². The van der Waals surface area contributed by atoms with E-state index in [2.05, 4.69) is 11.6 Å². The third-order valence-electron chi connectivity index (χ3n) is 3.51. The molecule has 3 nitrogen and oxygen atoms in total. The van der Waals surface area contributed by atoms with Gasteiger partial charge in [-0.2, -0.15) is 11.8 Å². The predicted molar refractivity (Wildman–Crippen MR) is 68.8 cm³/mol. The van der Waals surface area contributed by atoms with Gasteiger partial charge in [0.2, 0.25) is 0 Å². The van der Waals surface area contributed by atoms with Crippen molar-refractivity contribution in [1.29, 1.82) is 0 Å². The molecule has 0 aliphatic heterocycles. The van der Waals surface area contributed by atoms with E-state index in [-0.39, 0.29) is 12.0 Å². The van der Waals surface area contributed by atoms with Crippen LogP contribution in [-0.4, -0.2) is 36.7 Å². The Bertz CT molecular complexity index is 227. The number of rotatable bonds is 6. The Balaban J connectivity index is 2.44. The van der Waals surface area contributed by atoms with E-state index in [4.69, 9.17) is 4.74 Å². The maximum Gasteiger partial charge on any atom is 0.322 e. The molecule has 0 radical (unpaired) electrons. The van der Waals surface area contributed by atoms with Crippen LogP contribution >= 0.6 is 11.8 Å². The lowest BCUT2D eigenvalue weighted by molar-refractivity contribution is -0.143. The molecule has 1 aliphatic carbocycles. The van der Waals surface area contributed by atoms with Crippen molar-refractivity contribution >= 4 is 17.7 Å². The average Bonchev–Trinajstić information content (AvgIpc) is 2.79.